The van der Waals surface area contributed by atoms with E-state index >= 15 is 0 Å². The Labute approximate surface area is 118 Å². The normalized spacial score (nSPS) is 17.9. The summed E-state index contributed by atoms with van der Waals surface area (Å²) in [4.78, 5) is 25.5. The van der Waals surface area contributed by atoms with Crippen LogP contribution < -0.4 is 0 Å². The van der Waals surface area contributed by atoms with Crippen molar-refractivity contribution in [3.8, 4) is 0 Å². The number of esters is 1. The second-order valence-corrected chi connectivity index (χ2v) is 5.25. The van der Waals surface area contributed by atoms with Gasteiger partial charge in [0, 0.05) is 12.1 Å². The van der Waals surface area contributed by atoms with E-state index in [2.05, 4.69) is 4.74 Å². The van der Waals surface area contributed by atoms with Crippen LogP contribution in [0, 0.1) is 0 Å². The Morgan fingerprint density at radius 2 is 2.15 bits per heavy atom. The highest BCUT2D eigenvalue weighted by Crippen LogP contribution is 2.20. The Hall–Kier alpha value is -1.88. The standard InChI is InChI=1S/C15H19NO4/c1-15(19,14(18)20-2)10-16-9-5-7-11-6-3-4-8-12(11)13(16)17/h3-4,6,8,19H,5,7,9-10H2,1-2H3. The molecule has 5 heteroatoms. The van der Waals surface area contributed by atoms with Gasteiger partial charge in [-0.25, -0.2) is 4.79 Å². The molecule has 1 N–H and O–H groups in total. The number of hydrogen-bond donors (Lipinski definition) is 1. The zero-order valence-electron chi connectivity index (χ0n) is 11.8. The molecular weight excluding hydrogens is 258 g/mol. The van der Waals surface area contributed by atoms with Crippen LogP contribution in [0.5, 0.6) is 0 Å². The summed E-state index contributed by atoms with van der Waals surface area (Å²) in [5.74, 6) is -0.884. The molecule has 0 radical (unpaired) electrons. The zero-order valence-corrected chi connectivity index (χ0v) is 11.8. The fourth-order valence-corrected chi connectivity index (χ4v) is 2.49. The van der Waals surface area contributed by atoms with Gasteiger partial charge in [0.1, 0.15) is 0 Å². The first kappa shape index (κ1) is 14.5. The third-order valence-corrected chi connectivity index (χ3v) is 3.53. The van der Waals surface area contributed by atoms with Crippen LogP contribution in [0.3, 0.4) is 0 Å². The summed E-state index contributed by atoms with van der Waals surface area (Å²) in [5.41, 5.74) is -0.0349. The fraction of sp³-hybridized carbons (Fsp3) is 0.467. The lowest BCUT2D eigenvalue weighted by atomic mass is 10.0. The van der Waals surface area contributed by atoms with E-state index in [1.54, 1.807) is 6.07 Å². The summed E-state index contributed by atoms with van der Waals surface area (Å²) >= 11 is 0. The van der Waals surface area contributed by atoms with E-state index in [1.807, 2.05) is 18.2 Å². The lowest BCUT2D eigenvalue weighted by molar-refractivity contribution is -0.161. The lowest BCUT2D eigenvalue weighted by Crippen LogP contribution is -2.49. The number of benzene rings is 1. The molecule has 0 saturated heterocycles. The summed E-state index contributed by atoms with van der Waals surface area (Å²) in [6, 6.07) is 7.45. The zero-order chi connectivity index (χ0) is 14.8. The van der Waals surface area contributed by atoms with Gasteiger partial charge in [0.25, 0.3) is 5.91 Å². The van der Waals surface area contributed by atoms with Crippen LogP contribution in [0.1, 0.15) is 29.3 Å². The van der Waals surface area contributed by atoms with Crippen LogP contribution in [0.15, 0.2) is 24.3 Å². The average molecular weight is 277 g/mol. The largest absolute Gasteiger partial charge is 0.467 e. The molecule has 5 nitrogen and oxygen atoms in total. The highest BCUT2D eigenvalue weighted by Gasteiger charge is 2.36. The van der Waals surface area contributed by atoms with Crippen molar-refractivity contribution in [1.29, 1.82) is 0 Å². The maximum atomic E-state index is 12.5. The first-order chi connectivity index (χ1) is 9.45. The van der Waals surface area contributed by atoms with Crippen molar-refractivity contribution in [3.05, 3.63) is 35.4 Å². The number of rotatable bonds is 3. The Kier molecular flexibility index (Phi) is 4.09. The molecule has 2 rings (SSSR count). The number of β-amino-alcohol motifs (C(OH)–C–C–N with tert-alkyl or cyclic N) is 1. The van der Waals surface area contributed by atoms with Gasteiger partial charge in [0.2, 0.25) is 0 Å². The summed E-state index contributed by atoms with van der Waals surface area (Å²) in [7, 11) is 1.22. The van der Waals surface area contributed by atoms with Crippen molar-refractivity contribution in [2.75, 3.05) is 20.2 Å². The number of aryl methyl sites for hydroxylation is 1. The maximum absolute atomic E-state index is 12.5. The van der Waals surface area contributed by atoms with E-state index in [4.69, 9.17) is 0 Å². The minimum Gasteiger partial charge on any atom is -0.467 e. The molecule has 1 aromatic rings. The quantitative estimate of drug-likeness (QED) is 0.837. The molecule has 0 saturated carbocycles. The van der Waals surface area contributed by atoms with Gasteiger partial charge in [-0.3, -0.25) is 4.79 Å². The number of hydrogen-bond acceptors (Lipinski definition) is 4. The first-order valence-electron chi connectivity index (χ1n) is 6.63. The van der Waals surface area contributed by atoms with Gasteiger partial charge in [0.15, 0.2) is 5.60 Å². The van der Waals surface area contributed by atoms with E-state index in [-0.39, 0.29) is 12.5 Å². The molecule has 0 spiro atoms. The molecule has 1 aliphatic heterocycles. The highest BCUT2D eigenvalue weighted by molar-refractivity contribution is 5.96. The number of amides is 1. The number of aliphatic hydroxyl groups is 1. The molecule has 1 aromatic carbocycles. The van der Waals surface area contributed by atoms with Crippen molar-refractivity contribution in [2.45, 2.75) is 25.4 Å². The van der Waals surface area contributed by atoms with Gasteiger partial charge in [-0.15, -0.1) is 0 Å². The Bertz CT molecular complexity index is 524. The van der Waals surface area contributed by atoms with Crippen LogP contribution in [-0.2, 0) is 16.0 Å². The predicted octanol–water partition coefficient (Wildman–Crippen LogP) is 0.999. The van der Waals surface area contributed by atoms with Gasteiger partial charge in [0.05, 0.1) is 13.7 Å². The number of fused-ring (bicyclic) bond motifs is 1. The molecule has 0 bridgehead atoms. The first-order valence-corrected chi connectivity index (χ1v) is 6.63. The smallest absolute Gasteiger partial charge is 0.339 e. The van der Waals surface area contributed by atoms with E-state index < -0.39 is 11.6 Å². The highest BCUT2D eigenvalue weighted by atomic mass is 16.5. The minimum atomic E-state index is -1.69. The summed E-state index contributed by atoms with van der Waals surface area (Å²) in [5, 5.41) is 10.1. The topological polar surface area (TPSA) is 66.8 Å². The SMILES string of the molecule is COC(=O)C(C)(O)CN1CCCc2ccccc2C1=O. The van der Waals surface area contributed by atoms with Gasteiger partial charge >= 0.3 is 5.97 Å². The van der Waals surface area contributed by atoms with Crippen LogP contribution in [0.4, 0.5) is 0 Å². The average Bonchev–Trinajstić information content (AvgIpc) is 2.58. The lowest BCUT2D eigenvalue weighted by Gasteiger charge is -2.29. The van der Waals surface area contributed by atoms with E-state index in [0.29, 0.717) is 12.1 Å². The van der Waals surface area contributed by atoms with Gasteiger partial charge in [-0.05, 0) is 31.4 Å². The van der Waals surface area contributed by atoms with E-state index in [1.165, 1.54) is 18.9 Å². The number of methoxy groups -OCH3 is 1. The monoisotopic (exact) mass is 277 g/mol. The third-order valence-electron chi connectivity index (χ3n) is 3.53. The van der Waals surface area contributed by atoms with E-state index in [9.17, 15) is 14.7 Å². The molecule has 1 aliphatic rings. The minimum absolute atomic E-state index is 0.0627. The fourth-order valence-electron chi connectivity index (χ4n) is 2.49. The predicted molar refractivity (Wildman–Crippen MR) is 73.3 cm³/mol. The van der Waals surface area contributed by atoms with Crippen LogP contribution in [0.25, 0.3) is 0 Å². The molecule has 0 aliphatic carbocycles. The molecule has 20 heavy (non-hydrogen) atoms. The van der Waals surface area contributed by atoms with Crippen LogP contribution in [0.2, 0.25) is 0 Å². The number of carbonyl (C=O) groups excluding carboxylic acids is 2. The second-order valence-electron chi connectivity index (χ2n) is 5.25. The Morgan fingerprint density at radius 1 is 1.45 bits per heavy atom. The maximum Gasteiger partial charge on any atom is 0.339 e. The molecule has 1 atom stereocenters. The summed E-state index contributed by atoms with van der Waals surface area (Å²) < 4.78 is 4.57. The third kappa shape index (κ3) is 2.82. The Balaban J connectivity index is 2.22. The van der Waals surface area contributed by atoms with Crippen LogP contribution >= 0.6 is 0 Å². The number of ether oxygens (including phenoxy) is 1. The van der Waals surface area contributed by atoms with Crippen molar-refractivity contribution < 1.29 is 19.4 Å². The molecule has 1 heterocycles. The van der Waals surface area contributed by atoms with Gasteiger partial charge in [-0.2, -0.15) is 0 Å². The molecule has 108 valence electrons. The summed E-state index contributed by atoms with van der Waals surface area (Å²) in [6.07, 6.45) is 1.62. The molecule has 0 fully saturated rings. The van der Waals surface area contributed by atoms with Crippen molar-refractivity contribution in [3.63, 3.8) is 0 Å². The van der Waals surface area contributed by atoms with Crippen molar-refractivity contribution in [1.82, 2.24) is 4.90 Å². The summed E-state index contributed by atoms with van der Waals surface area (Å²) in [6.45, 7) is 1.82. The van der Waals surface area contributed by atoms with Gasteiger partial charge in [-0.1, -0.05) is 18.2 Å². The van der Waals surface area contributed by atoms with Crippen molar-refractivity contribution >= 4 is 11.9 Å². The molecule has 0 aromatic heterocycles. The molecular formula is C15H19NO4. The number of carbonyl (C=O) groups is 2. The molecule has 1 amide bonds. The van der Waals surface area contributed by atoms with Crippen molar-refractivity contribution in [2.24, 2.45) is 0 Å². The van der Waals surface area contributed by atoms with Gasteiger partial charge < -0.3 is 14.7 Å². The second kappa shape index (κ2) is 5.63. The van der Waals surface area contributed by atoms with Crippen LogP contribution in [-0.4, -0.2) is 47.7 Å². The Morgan fingerprint density at radius 3 is 2.85 bits per heavy atom. The van der Waals surface area contributed by atoms with E-state index in [0.717, 1.165) is 18.4 Å². The number of nitrogens with zero attached hydrogens (tertiary/aromatic N) is 1. The molecule has 1 unspecified atom stereocenters.